The van der Waals surface area contributed by atoms with Gasteiger partial charge >= 0.3 is 0 Å². The van der Waals surface area contributed by atoms with Crippen molar-refractivity contribution in [3.05, 3.63) is 64.7 Å². The molecule has 0 radical (unpaired) electrons. The van der Waals surface area contributed by atoms with Crippen LogP contribution in [0.15, 0.2) is 42.5 Å². The van der Waals surface area contributed by atoms with E-state index in [2.05, 4.69) is 57.2 Å². The van der Waals surface area contributed by atoms with Crippen LogP contribution in [0.2, 0.25) is 0 Å². The lowest BCUT2D eigenvalue weighted by molar-refractivity contribution is 0.415. The fourth-order valence-corrected chi connectivity index (χ4v) is 2.73. The molecule has 0 fully saturated rings. The average Bonchev–Trinajstić information content (AvgIpc) is 2.51. The van der Waals surface area contributed by atoms with Gasteiger partial charge < -0.3 is 4.74 Å². The maximum Gasteiger partial charge on any atom is 0.118 e. The van der Waals surface area contributed by atoms with Crippen molar-refractivity contribution in [1.29, 1.82) is 0 Å². The number of allylic oxidation sites excluding steroid dienone is 1. The Balaban J connectivity index is 2.37. The molecule has 2 aromatic rings. The smallest absolute Gasteiger partial charge is 0.118 e. The van der Waals surface area contributed by atoms with Gasteiger partial charge in [-0.1, -0.05) is 60.9 Å². The molecule has 0 aliphatic heterocycles. The molecule has 0 bridgehead atoms. The number of methoxy groups -OCH3 is 1. The number of aryl methyl sites for hydroxylation is 2. The van der Waals surface area contributed by atoms with Gasteiger partial charge in [0, 0.05) is 0 Å². The Morgan fingerprint density at radius 1 is 1.00 bits per heavy atom. The largest absolute Gasteiger partial charge is 0.497 e. The van der Waals surface area contributed by atoms with Crippen molar-refractivity contribution in [2.75, 3.05) is 7.11 Å². The van der Waals surface area contributed by atoms with Crippen molar-refractivity contribution < 1.29 is 4.74 Å². The van der Waals surface area contributed by atoms with E-state index in [0.29, 0.717) is 0 Å². The third kappa shape index (κ3) is 4.49. The van der Waals surface area contributed by atoms with Crippen LogP contribution in [0.4, 0.5) is 0 Å². The molecular weight excluding hydrogens is 268 g/mol. The highest BCUT2D eigenvalue weighted by Gasteiger charge is 2.04. The lowest BCUT2D eigenvalue weighted by Gasteiger charge is -2.11. The van der Waals surface area contributed by atoms with E-state index in [9.17, 15) is 0 Å². The summed E-state index contributed by atoms with van der Waals surface area (Å²) in [6.45, 7) is 6.58. The van der Waals surface area contributed by atoms with E-state index in [1.54, 1.807) is 7.11 Å². The molecule has 1 nitrogen and oxygen atoms in total. The third-order valence-corrected chi connectivity index (χ3v) is 3.85. The van der Waals surface area contributed by atoms with Gasteiger partial charge in [-0.3, -0.25) is 0 Å². The van der Waals surface area contributed by atoms with Gasteiger partial charge in [-0.25, -0.2) is 0 Å². The summed E-state index contributed by atoms with van der Waals surface area (Å²) in [7, 11) is 1.70. The van der Waals surface area contributed by atoms with Crippen molar-refractivity contribution in [3.63, 3.8) is 0 Å². The Bertz CT molecular complexity index is 615. The van der Waals surface area contributed by atoms with Crippen LogP contribution in [0.3, 0.4) is 0 Å². The van der Waals surface area contributed by atoms with Gasteiger partial charge in [0.25, 0.3) is 0 Å². The second-order valence-corrected chi connectivity index (χ2v) is 5.92. The Kier molecular flexibility index (Phi) is 5.83. The van der Waals surface area contributed by atoms with E-state index in [4.69, 9.17) is 4.74 Å². The standard InChI is InChI=1S/C21H26O/c1-5-6-7-19(20-13-16(2)12-17(3)14-20)15-18-8-10-21(22-4)11-9-18/h8-15H,5-7H2,1-4H3/b19-15+. The summed E-state index contributed by atoms with van der Waals surface area (Å²) < 4.78 is 5.23. The quantitative estimate of drug-likeness (QED) is 0.590. The van der Waals surface area contributed by atoms with E-state index in [0.717, 1.165) is 12.2 Å². The second-order valence-electron chi connectivity index (χ2n) is 5.92. The zero-order valence-corrected chi connectivity index (χ0v) is 14.1. The van der Waals surface area contributed by atoms with E-state index in [1.807, 2.05) is 12.1 Å². The van der Waals surface area contributed by atoms with E-state index in [1.165, 1.54) is 40.7 Å². The van der Waals surface area contributed by atoms with Crippen LogP contribution in [0.5, 0.6) is 5.75 Å². The second kappa shape index (κ2) is 7.84. The van der Waals surface area contributed by atoms with Crippen molar-refractivity contribution in [2.45, 2.75) is 40.0 Å². The maximum absolute atomic E-state index is 5.23. The molecule has 2 rings (SSSR count). The van der Waals surface area contributed by atoms with Crippen LogP contribution in [-0.4, -0.2) is 7.11 Å². The van der Waals surface area contributed by atoms with Gasteiger partial charge in [0.2, 0.25) is 0 Å². The van der Waals surface area contributed by atoms with Crippen LogP contribution < -0.4 is 4.74 Å². The highest BCUT2D eigenvalue weighted by atomic mass is 16.5. The first-order valence-corrected chi connectivity index (χ1v) is 8.05. The molecule has 116 valence electrons. The molecule has 22 heavy (non-hydrogen) atoms. The Morgan fingerprint density at radius 3 is 2.18 bits per heavy atom. The Labute approximate surface area is 134 Å². The number of unbranched alkanes of at least 4 members (excludes halogenated alkanes) is 1. The summed E-state index contributed by atoms with van der Waals surface area (Å²) in [6.07, 6.45) is 5.86. The van der Waals surface area contributed by atoms with Crippen molar-refractivity contribution in [2.24, 2.45) is 0 Å². The van der Waals surface area contributed by atoms with Crippen LogP contribution in [-0.2, 0) is 0 Å². The average molecular weight is 294 g/mol. The van der Waals surface area contributed by atoms with Gasteiger partial charge in [-0.05, 0) is 55.5 Å². The van der Waals surface area contributed by atoms with Gasteiger partial charge in [0.1, 0.15) is 5.75 Å². The highest BCUT2D eigenvalue weighted by Crippen LogP contribution is 2.26. The molecule has 0 aliphatic carbocycles. The molecule has 0 aliphatic rings. The number of ether oxygens (including phenoxy) is 1. The first-order valence-electron chi connectivity index (χ1n) is 8.05. The van der Waals surface area contributed by atoms with Crippen LogP contribution >= 0.6 is 0 Å². The summed E-state index contributed by atoms with van der Waals surface area (Å²) in [6, 6.07) is 15.1. The highest BCUT2D eigenvalue weighted by molar-refractivity contribution is 5.82. The van der Waals surface area contributed by atoms with E-state index < -0.39 is 0 Å². The van der Waals surface area contributed by atoms with Crippen LogP contribution in [0.25, 0.3) is 11.6 Å². The van der Waals surface area contributed by atoms with E-state index in [-0.39, 0.29) is 0 Å². The minimum Gasteiger partial charge on any atom is -0.497 e. The number of hydrogen-bond donors (Lipinski definition) is 0. The van der Waals surface area contributed by atoms with Crippen molar-refractivity contribution >= 4 is 11.6 Å². The van der Waals surface area contributed by atoms with Crippen LogP contribution in [0, 0.1) is 13.8 Å². The fraction of sp³-hybridized carbons (Fsp3) is 0.333. The molecule has 0 atom stereocenters. The summed E-state index contributed by atoms with van der Waals surface area (Å²) in [5.74, 6) is 0.902. The normalized spacial score (nSPS) is 11.5. The molecule has 0 heterocycles. The van der Waals surface area contributed by atoms with Crippen molar-refractivity contribution in [3.8, 4) is 5.75 Å². The van der Waals surface area contributed by atoms with E-state index >= 15 is 0 Å². The summed E-state index contributed by atoms with van der Waals surface area (Å²) >= 11 is 0. The number of benzene rings is 2. The molecule has 0 N–H and O–H groups in total. The van der Waals surface area contributed by atoms with Crippen molar-refractivity contribution in [1.82, 2.24) is 0 Å². The number of hydrogen-bond acceptors (Lipinski definition) is 1. The molecule has 0 aromatic heterocycles. The van der Waals surface area contributed by atoms with Crippen LogP contribution in [0.1, 0.15) is 48.4 Å². The predicted octanol–water partition coefficient (Wildman–Crippen LogP) is 6.04. The maximum atomic E-state index is 5.23. The molecule has 0 amide bonds. The van der Waals surface area contributed by atoms with Gasteiger partial charge in [-0.2, -0.15) is 0 Å². The fourth-order valence-electron chi connectivity index (χ4n) is 2.73. The lowest BCUT2D eigenvalue weighted by atomic mass is 9.95. The lowest BCUT2D eigenvalue weighted by Crippen LogP contribution is -1.89. The number of rotatable bonds is 6. The Morgan fingerprint density at radius 2 is 1.64 bits per heavy atom. The summed E-state index contributed by atoms with van der Waals surface area (Å²) in [5, 5.41) is 0. The first kappa shape index (κ1) is 16.4. The molecule has 0 saturated heterocycles. The minimum atomic E-state index is 0.902. The molecule has 1 heteroatoms. The molecule has 0 saturated carbocycles. The zero-order valence-electron chi connectivity index (χ0n) is 14.1. The molecule has 0 spiro atoms. The monoisotopic (exact) mass is 294 g/mol. The molecule has 0 unspecified atom stereocenters. The summed E-state index contributed by atoms with van der Waals surface area (Å²) in [5.41, 5.74) is 6.64. The molecule has 2 aromatic carbocycles. The topological polar surface area (TPSA) is 9.23 Å². The predicted molar refractivity (Wildman–Crippen MR) is 96.3 cm³/mol. The minimum absolute atomic E-state index is 0.902. The van der Waals surface area contributed by atoms with Gasteiger partial charge in [0.05, 0.1) is 7.11 Å². The first-order chi connectivity index (χ1) is 10.6. The third-order valence-electron chi connectivity index (χ3n) is 3.85. The zero-order chi connectivity index (χ0) is 15.9. The SMILES string of the molecule is CCCC/C(=C\c1ccc(OC)cc1)c1cc(C)cc(C)c1. The Hall–Kier alpha value is -2.02. The molecular formula is C21H26O. The van der Waals surface area contributed by atoms with Gasteiger partial charge in [0.15, 0.2) is 0 Å². The van der Waals surface area contributed by atoms with Gasteiger partial charge in [-0.15, -0.1) is 0 Å². The summed E-state index contributed by atoms with van der Waals surface area (Å²) in [4.78, 5) is 0.